The highest BCUT2D eigenvalue weighted by atomic mass is 32.1. The zero-order valence-electron chi connectivity index (χ0n) is 31.9. The Morgan fingerprint density at radius 1 is 0.433 bits per heavy atom. The minimum Gasteiger partial charge on any atom is -0.319 e. The molecule has 0 radical (unpaired) electrons. The van der Waals surface area contributed by atoms with Crippen LogP contribution in [0.15, 0.2) is 176 Å². The lowest BCUT2D eigenvalue weighted by molar-refractivity contribution is 1.14. The maximum Gasteiger partial charge on any atom is 0.212 e. The number of rotatable bonds is 3. The van der Waals surface area contributed by atoms with E-state index in [0.717, 1.165) is 71.1 Å². The van der Waals surface area contributed by atoms with Crippen molar-refractivity contribution in [1.29, 1.82) is 5.26 Å². The van der Waals surface area contributed by atoms with Crippen molar-refractivity contribution in [3.8, 4) is 23.1 Å². The van der Waals surface area contributed by atoms with Gasteiger partial charge in [-0.05, 0) is 83.6 Å². The van der Waals surface area contributed by atoms with Gasteiger partial charge in [0.15, 0.2) is 0 Å². The number of benzene rings is 9. The summed E-state index contributed by atoms with van der Waals surface area (Å²) in [6.07, 6.45) is 0. The summed E-state index contributed by atoms with van der Waals surface area (Å²) in [5, 5.41) is 22.7. The molecule has 0 amide bonds. The molecule has 0 atom stereocenters. The van der Waals surface area contributed by atoms with Crippen LogP contribution in [0.25, 0.3) is 118 Å². The van der Waals surface area contributed by atoms with E-state index in [0.29, 0.717) is 22.6 Å². The summed E-state index contributed by atoms with van der Waals surface area (Å²) in [6.45, 7) is 8.66. The predicted octanol–water partition coefficient (Wildman–Crippen LogP) is 14.9. The molecule has 0 fully saturated rings. The summed E-state index contributed by atoms with van der Waals surface area (Å²) in [7, 11) is 0. The van der Waals surface area contributed by atoms with E-state index < -0.39 is 0 Å². The molecule has 60 heavy (non-hydrogen) atoms. The molecule has 0 saturated heterocycles. The van der Waals surface area contributed by atoms with Gasteiger partial charge in [0.2, 0.25) is 5.69 Å². The van der Waals surface area contributed by atoms with Gasteiger partial charge in [-0.3, -0.25) is 0 Å². The largest absolute Gasteiger partial charge is 0.319 e. The molecule has 4 heterocycles. The first-order valence-electron chi connectivity index (χ1n) is 19.9. The standard InChI is InChI=1S/C54H29N5S/c1-56-41-30-48(33(31-55)28-49(41)59-44-20-10-6-16-38(44)53-47(59)26-27-51-54(53)39-17-7-11-21-50(39)60-51)58-45-25-23-34(29-40(45)52-35-13-3-2-12-32(35)22-24-46(52)58)57-42-18-8-4-14-36(42)37-15-5-9-19-43(37)57/h2-30H. The lowest BCUT2D eigenvalue weighted by Gasteiger charge is -2.16. The highest BCUT2D eigenvalue weighted by Crippen LogP contribution is 2.46. The normalized spacial score (nSPS) is 12.0. The van der Waals surface area contributed by atoms with E-state index in [9.17, 15) is 5.26 Å². The number of nitriles is 1. The Morgan fingerprint density at radius 2 is 1.02 bits per heavy atom. The first kappa shape index (κ1) is 32.9. The second kappa shape index (κ2) is 12.2. The van der Waals surface area contributed by atoms with Crippen LogP contribution in [0.4, 0.5) is 5.69 Å². The lowest BCUT2D eigenvalue weighted by atomic mass is 10.0. The van der Waals surface area contributed by atoms with Gasteiger partial charge in [-0.2, -0.15) is 5.26 Å². The molecule has 9 aromatic carbocycles. The fourth-order valence-electron chi connectivity index (χ4n) is 10.0. The van der Waals surface area contributed by atoms with E-state index in [1.165, 1.54) is 30.9 Å². The van der Waals surface area contributed by atoms with Crippen molar-refractivity contribution in [3.63, 3.8) is 0 Å². The van der Waals surface area contributed by atoms with Gasteiger partial charge < -0.3 is 13.7 Å². The molecule has 0 aliphatic rings. The molecule has 5 nitrogen and oxygen atoms in total. The van der Waals surface area contributed by atoms with E-state index in [4.69, 9.17) is 6.57 Å². The highest BCUT2D eigenvalue weighted by Gasteiger charge is 2.24. The molecular formula is C54H29N5S. The summed E-state index contributed by atoms with van der Waals surface area (Å²) < 4.78 is 9.20. The third kappa shape index (κ3) is 4.32. The number of nitrogens with zero attached hydrogens (tertiary/aromatic N) is 5. The Labute approximate surface area is 346 Å². The number of thiophene rings is 1. The summed E-state index contributed by atoms with van der Waals surface area (Å²) in [5.74, 6) is 0. The Balaban J connectivity index is 1.10. The summed E-state index contributed by atoms with van der Waals surface area (Å²) in [6, 6.07) is 64.4. The molecule has 4 aromatic heterocycles. The number of fused-ring (bicyclic) bond motifs is 15. The summed E-state index contributed by atoms with van der Waals surface area (Å²) in [5.41, 5.74) is 9.64. The quantitative estimate of drug-likeness (QED) is 0.165. The van der Waals surface area contributed by atoms with E-state index in [1.54, 1.807) is 11.3 Å². The van der Waals surface area contributed by atoms with E-state index in [1.807, 2.05) is 18.2 Å². The minimum absolute atomic E-state index is 0.472. The van der Waals surface area contributed by atoms with Gasteiger partial charge in [0.25, 0.3) is 0 Å². The van der Waals surface area contributed by atoms with Crippen molar-refractivity contribution >= 4 is 113 Å². The predicted molar refractivity (Wildman–Crippen MR) is 251 cm³/mol. The summed E-state index contributed by atoms with van der Waals surface area (Å²) in [4.78, 5) is 4.21. The first-order chi connectivity index (χ1) is 29.7. The molecule has 0 bridgehead atoms. The molecule has 6 heteroatoms. The SMILES string of the molecule is [C-]#[N+]c1cc(-n2c3ccc(-n4c5ccccc5c5ccccc54)cc3c3c4ccccc4ccc32)c(C#N)cc1-n1c2ccccc2c2c3c(ccc21)sc1ccccc13. The molecule has 0 unspecified atom stereocenters. The zero-order chi connectivity index (χ0) is 39.6. The Morgan fingerprint density at radius 3 is 1.77 bits per heavy atom. The van der Waals surface area contributed by atoms with Crippen LogP contribution >= 0.6 is 11.3 Å². The van der Waals surface area contributed by atoms with Crippen molar-refractivity contribution in [3.05, 3.63) is 193 Å². The third-order valence-electron chi connectivity index (χ3n) is 12.5. The number of hydrogen-bond donors (Lipinski definition) is 0. The molecule has 0 aliphatic carbocycles. The number of hydrogen-bond acceptors (Lipinski definition) is 2. The smallest absolute Gasteiger partial charge is 0.212 e. The van der Waals surface area contributed by atoms with Gasteiger partial charge in [-0.25, -0.2) is 4.85 Å². The van der Waals surface area contributed by atoms with Gasteiger partial charge in [-0.15, -0.1) is 11.3 Å². The molecule has 13 rings (SSSR count). The van der Waals surface area contributed by atoms with Crippen LogP contribution in [0.3, 0.4) is 0 Å². The van der Waals surface area contributed by atoms with Crippen molar-refractivity contribution in [2.45, 2.75) is 0 Å². The molecular weight excluding hydrogens is 751 g/mol. The van der Waals surface area contributed by atoms with Crippen molar-refractivity contribution in [1.82, 2.24) is 13.7 Å². The first-order valence-corrected chi connectivity index (χ1v) is 20.8. The average molecular weight is 780 g/mol. The van der Waals surface area contributed by atoms with Crippen molar-refractivity contribution in [2.24, 2.45) is 0 Å². The molecule has 0 saturated carbocycles. The van der Waals surface area contributed by atoms with E-state index in [-0.39, 0.29) is 0 Å². The topological polar surface area (TPSA) is 42.9 Å². The molecule has 0 aliphatic heterocycles. The van der Waals surface area contributed by atoms with Gasteiger partial charge in [0.05, 0.1) is 56.6 Å². The maximum atomic E-state index is 11.1. The fraction of sp³-hybridized carbons (Fsp3) is 0. The highest BCUT2D eigenvalue weighted by molar-refractivity contribution is 7.26. The average Bonchev–Trinajstić information content (AvgIpc) is 4.04. The molecule has 0 N–H and O–H groups in total. The third-order valence-corrected chi connectivity index (χ3v) is 13.6. The summed E-state index contributed by atoms with van der Waals surface area (Å²) >= 11 is 1.80. The van der Waals surface area contributed by atoms with Crippen LogP contribution in [-0.2, 0) is 0 Å². The minimum atomic E-state index is 0.472. The number of aromatic nitrogens is 3. The molecule has 276 valence electrons. The lowest BCUT2D eigenvalue weighted by Crippen LogP contribution is -2.02. The van der Waals surface area contributed by atoms with Gasteiger partial charge in [0, 0.05) is 58.2 Å². The fourth-order valence-corrected chi connectivity index (χ4v) is 11.1. The Kier molecular flexibility index (Phi) is 6.67. The van der Waals surface area contributed by atoms with Crippen molar-refractivity contribution in [2.75, 3.05) is 0 Å². The van der Waals surface area contributed by atoms with Gasteiger partial charge >= 0.3 is 0 Å². The van der Waals surface area contributed by atoms with Crippen LogP contribution in [0.2, 0.25) is 0 Å². The second-order valence-electron chi connectivity index (χ2n) is 15.5. The van der Waals surface area contributed by atoms with Crippen LogP contribution in [0.5, 0.6) is 0 Å². The Bertz CT molecular complexity index is 4050. The zero-order valence-corrected chi connectivity index (χ0v) is 32.7. The Hall–Kier alpha value is -8.16. The molecule has 13 aromatic rings. The van der Waals surface area contributed by atoms with Crippen molar-refractivity contribution < 1.29 is 0 Å². The molecule has 0 spiro atoms. The van der Waals surface area contributed by atoms with E-state index >= 15 is 0 Å². The van der Waals surface area contributed by atoms with Crippen LogP contribution in [-0.4, -0.2) is 13.7 Å². The monoisotopic (exact) mass is 779 g/mol. The maximum absolute atomic E-state index is 11.1. The number of para-hydroxylation sites is 3. The van der Waals surface area contributed by atoms with Gasteiger partial charge in [0.1, 0.15) is 6.07 Å². The second-order valence-corrected chi connectivity index (χ2v) is 16.5. The van der Waals surface area contributed by atoms with Gasteiger partial charge in [-0.1, -0.05) is 103 Å². The van der Waals surface area contributed by atoms with Crippen LogP contribution < -0.4 is 0 Å². The van der Waals surface area contributed by atoms with Crippen LogP contribution in [0.1, 0.15) is 5.56 Å². The van der Waals surface area contributed by atoms with Crippen LogP contribution in [0, 0.1) is 17.9 Å². The van der Waals surface area contributed by atoms with E-state index in [2.05, 4.69) is 182 Å².